The number of hydrogen-bond acceptors (Lipinski definition) is 8. The van der Waals surface area contributed by atoms with Crippen LogP contribution in [0.2, 0.25) is 0 Å². The predicted molar refractivity (Wildman–Crippen MR) is 66.7 cm³/mol. The van der Waals surface area contributed by atoms with E-state index >= 15 is 0 Å². The molecular formula is C9H10FN3O5S2. The van der Waals surface area contributed by atoms with Crippen LogP contribution in [0.25, 0.3) is 0 Å². The second kappa shape index (κ2) is 5.40. The van der Waals surface area contributed by atoms with Gasteiger partial charge in [-0.25, -0.2) is 4.79 Å². The highest BCUT2D eigenvalue weighted by Crippen LogP contribution is 2.28. The Labute approximate surface area is 117 Å². The highest BCUT2D eigenvalue weighted by molar-refractivity contribution is 7.87. The molecule has 1 aromatic rings. The summed E-state index contributed by atoms with van der Waals surface area (Å²) in [4.78, 5) is 24.1. The summed E-state index contributed by atoms with van der Waals surface area (Å²) >= 11 is 0.786. The third kappa shape index (κ3) is 2.93. The second-order valence-corrected chi connectivity index (χ2v) is 6.49. The summed E-state index contributed by atoms with van der Waals surface area (Å²) < 4.78 is 39.2. The van der Waals surface area contributed by atoms with Crippen LogP contribution in [0.3, 0.4) is 0 Å². The molecule has 1 unspecified atom stereocenters. The summed E-state index contributed by atoms with van der Waals surface area (Å²) in [6.45, 7) is 1.45. The number of carbonyl (C=O) groups excluding carboxylic acids is 2. The molecule has 1 amide bonds. The number of rotatable bonds is 4. The number of ether oxygens (including phenoxy) is 1. The standard InChI is InChI=1S/C9H10FN3O5S2/c1-2-18-8(15)7-11-12-9(19-7)13-4-5(3-6(13)14)20(10,16)17/h5H,2-4H2,1H3. The third-order valence-electron chi connectivity index (χ3n) is 2.58. The Bertz CT molecular complexity index is 644. The van der Waals surface area contributed by atoms with Gasteiger partial charge in [0.05, 0.1) is 6.61 Å². The number of aromatic nitrogens is 2. The van der Waals surface area contributed by atoms with E-state index in [0.717, 1.165) is 16.2 Å². The quantitative estimate of drug-likeness (QED) is 0.572. The molecule has 0 bridgehead atoms. The second-order valence-electron chi connectivity index (χ2n) is 3.92. The normalized spacial score (nSPS) is 19.4. The third-order valence-corrected chi connectivity index (χ3v) is 4.62. The van der Waals surface area contributed by atoms with Gasteiger partial charge in [-0.1, -0.05) is 11.3 Å². The molecule has 0 saturated carbocycles. The van der Waals surface area contributed by atoms with Crippen molar-refractivity contribution >= 4 is 38.6 Å². The highest BCUT2D eigenvalue weighted by Gasteiger charge is 2.40. The van der Waals surface area contributed by atoms with Crippen LogP contribution in [0.4, 0.5) is 9.02 Å². The van der Waals surface area contributed by atoms with Crippen LogP contribution < -0.4 is 4.90 Å². The van der Waals surface area contributed by atoms with E-state index in [4.69, 9.17) is 4.74 Å². The van der Waals surface area contributed by atoms with Crippen molar-refractivity contribution in [2.45, 2.75) is 18.6 Å². The first-order valence-electron chi connectivity index (χ1n) is 5.57. The fraction of sp³-hybridized carbons (Fsp3) is 0.556. The molecule has 110 valence electrons. The van der Waals surface area contributed by atoms with Crippen molar-refractivity contribution in [3.63, 3.8) is 0 Å². The van der Waals surface area contributed by atoms with Crippen molar-refractivity contribution in [2.24, 2.45) is 0 Å². The fourth-order valence-corrected chi connectivity index (χ4v) is 3.08. The van der Waals surface area contributed by atoms with Gasteiger partial charge in [-0.05, 0) is 6.92 Å². The van der Waals surface area contributed by atoms with Crippen molar-refractivity contribution < 1.29 is 26.6 Å². The van der Waals surface area contributed by atoms with E-state index in [1.165, 1.54) is 0 Å². The Balaban J connectivity index is 2.17. The highest BCUT2D eigenvalue weighted by atomic mass is 32.3. The zero-order valence-corrected chi connectivity index (χ0v) is 11.9. The van der Waals surface area contributed by atoms with E-state index in [0.29, 0.717) is 0 Å². The van der Waals surface area contributed by atoms with Crippen LogP contribution in [-0.2, 0) is 19.8 Å². The lowest BCUT2D eigenvalue weighted by molar-refractivity contribution is -0.117. The van der Waals surface area contributed by atoms with E-state index in [-0.39, 0.29) is 23.3 Å². The maximum Gasteiger partial charge on any atom is 0.369 e. The van der Waals surface area contributed by atoms with Gasteiger partial charge in [-0.15, -0.1) is 14.1 Å². The minimum atomic E-state index is -4.79. The first-order chi connectivity index (χ1) is 9.32. The van der Waals surface area contributed by atoms with Crippen molar-refractivity contribution in [1.82, 2.24) is 10.2 Å². The van der Waals surface area contributed by atoms with Crippen molar-refractivity contribution in [3.8, 4) is 0 Å². The molecule has 11 heteroatoms. The Morgan fingerprint density at radius 2 is 2.25 bits per heavy atom. The van der Waals surface area contributed by atoms with E-state index in [1.807, 2.05) is 0 Å². The van der Waals surface area contributed by atoms with E-state index in [1.54, 1.807) is 6.92 Å². The lowest BCUT2D eigenvalue weighted by Gasteiger charge is -2.10. The molecule has 0 aliphatic carbocycles. The number of esters is 1. The Morgan fingerprint density at radius 3 is 2.80 bits per heavy atom. The molecule has 20 heavy (non-hydrogen) atoms. The first kappa shape index (κ1) is 14.8. The number of nitrogens with zero attached hydrogens (tertiary/aromatic N) is 3. The van der Waals surface area contributed by atoms with Crippen LogP contribution >= 0.6 is 11.3 Å². The zero-order chi connectivity index (χ0) is 14.9. The molecule has 0 N–H and O–H groups in total. The van der Waals surface area contributed by atoms with Crippen LogP contribution in [0, 0.1) is 0 Å². The SMILES string of the molecule is CCOC(=O)c1nnc(N2CC(S(=O)(=O)F)CC2=O)s1. The average molecular weight is 323 g/mol. The molecule has 1 saturated heterocycles. The molecule has 0 radical (unpaired) electrons. The largest absolute Gasteiger partial charge is 0.461 e. The van der Waals surface area contributed by atoms with Crippen LogP contribution in [0.1, 0.15) is 23.1 Å². The monoisotopic (exact) mass is 323 g/mol. The molecule has 0 spiro atoms. The molecule has 0 aromatic carbocycles. The molecule has 8 nitrogen and oxygen atoms in total. The summed E-state index contributed by atoms with van der Waals surface area (Å²) in [6.07, 6.45) is -0.451. The number of amides is 1. The smallest absolute Gasteiger partial charge is 0.369 e. The summed E-state index contributed by atoms with van der Waals surface area (Å²) in [5.41, 5.74) is 0. The van der Waals surface area contributed by atoms with Gasteiger partial charge < -0.3 is 4.74 Å². The van der Waals surface area contributed by atoms with Crippen LogP contribution in [-0.4, -0.2) is 48.9 Å². The zero-order valence-electron chi connectivity index (χ0n) is 10.3. The summed E-state index contributed by atoms with van der Waals surface area (Å²) in [5.74, 6) is -1.26. The molecule has 1 aromatic heterocycles. The minimum absolute atomic E-state index is 0.0456. The van der Waals surface area contributed by atoms with Gasteiger partial charge >= 0.3 is 16.2 Å². The summed E-state index contributed by atoms with van der Waals surface area (Å²) in [6, 6.07) is 0. The Morgan fingerprint density at radius 1 is 1.55 bits per heavy atom. The fourth-order valence-electron chi connectivity index (χ4n) is 1.65. The summed E-state index contributed by atoms with van der Waals surface area (Å²) in [7, 11) is -4.79. The maximum atomic E-state index is 12.9. The molecule has 2 heterocycles. The number of halogens is 1. The maximum absolute atomic E-state index is 12.9. The average Bonchev–Trinajstić information content (AvgIpc) is 2.94. The van der Waals surface area contributed by atoms with Crippen molar-refractivity contribution in [2.75, 3.05) is 18.1 Å². The van der Waals surface area contributed by atoms with Crippen LogP contribution in [0.5, 0.6) is 0 Å². The molecule has 1 atom stereocenters. The van der Waals surface area contributed by atoms with E-state index in [2.05, 4.69) is 10.2 Å². The van der Waals surface area contributed by atoms with E-state index < -0.39 is 33.8 Å². The first-order valence-corrected chi connectivity index (χ1v) is 7.83. The topological polar surface area (TPSA) is 107 Å². The van der Waals surface area contributed by atoms with Gasteiger partial charge in [0.2, 0.25) is 16.0 Å². The Kier molecular flexibility index (Phi) is 3.99. The lowest BCUT2D eigenvalue weighted by Crippen LogP contribution is -2.26. The van der Waals surface area contributed by atoms with Gasteiger partial charge in [0.15, 0.2) is 0 Å². The summed E-state index contributed by atoms with van der Waals surface area (Å²) in [5, 5.41) is 5.76. The lowest BCUT2D eigenvalue weighted by atomic mass is 10.4. The van der Waals surface area contributed by atoms with Crippen molar-refractivity contribution in [3.05, 3.63) is 5.01 Å². The molecular weight excluding hydrogens is 313 g/mol. The van der Waals surface area contributed by atoms with Gasteiger partial charge in [-0.2, -0.15) is 8.42 Å². The number of carbonyl (C=O) groups is 2. The predicted octanol–water partition coefficient (Wildman–Crippen LogP) is 0.119. The van der Waals surface area contributed by atoms with Gasteiger partial charge in [0.25, 0.3) is 0 Å². The van der Waals surface area contributed by atoms with Gasteiger partial charge in [0, 0.05) is 13.0 Å². The van der Waals surface area contributed by atoms with Crippen LogP contribution in [0.15, 0.2) is 0 Å². The number of hydrogen-bond donors (Lipinski definition) is 0. The van der Waals surface area contributed by atoms with Gasteiger partial charge in [0.1, 0.15) is 5.25 Å². The van der Waals surface area contributed by atoms with Gasteiger partial charge in [-0.3, -0.25) is 9.69 Å². The van der Waals surface area contributed by atoms with E-state index in [9.17, 15) is 21.9 Å². The minimum Gasteiger partial charge on any atom is -0.461 e. The molecule has 1 aliphatic rings. The Hall–Kier alpha value is -1.62. The molecule has 1 fully saturated rings. The molecule has 1 aliphatic heterocycles. The molecule has 2 rings (SSSR count). The number of anilines is 1. The van der Waals surface area contributed by atoms with Crippen molar-refractivity contribution in [1.29, 1.82) is 0 Å².